The Morgan fingerprint density at radius 3 is 2.42 bits per heavy atom. The van der Waals surface area contributed by atoms with Crippen LogP contribution < -0.4 is 5.32 Å². The van der Waals surface area contributed by atoms with Gasteiger partial charge < -0.3 is 15.3 Å². The summed E-state index contributed by atoms with van der Waals surface area (Å²) in [4.78, 5) is 24.1. The van der Waals surface area contributed by atoms with E-state index in [2.05, 4.69) is 12.2 Å². The Balaban J connectivity index is 2.23. The molecule has 0 radical (unpaired) electrons. The third kappa shape index (κ3) is 5.49. The maximum atomic E-state index is 11.9. The number of carboxylic acids is 1. The van der Waals surface area contributed by atoms with Gasteiger partial charge in [0.1, 0.15) is 0 Å². The second kappa shape index (κ2) is 8.02. The van der Waals surface area contributed by atoms with Crippen molar-refractivity contribution in [2.45, 2.75) is 57.9 Å². The molecule has 0 aromatic heterocycles. The highest BCUT2D eigenvalue weighted by Gasteiger charge is 2.25. The molecule has 1 rings (SSSR count). The van der Waals surface area contributed by atoms with Gasteiger partial charge in [0, 0.05) is 26.1 Å². The minimum absolute atomic E-state index is 0.0784. The van der Waals surface area contributed by atoms with Crippen LogP contribution in [0.25, 0.3) is 0 Å². The molecule has 5 heteroatoms. The van der Waals surface area contributed by atoms with E-state index < -0.39 is 5.97 Å². The monoisotopic (exact) mass is 270 g/mol. The van der Waals surface area contributed by atoms with Gasteiger partial charge in [-0.1, -0.05) is 13.3 Å². The summed E-state index contributed by atoms with van der Waals surface area (Å²) in [7, 11) is 1.84. The molecule has 0 aromatic rings. The predicted molar refractivity (Wildman–Crippen MR) is 74.1 cm³/mol. The Labute approximate surface area is 115 Å². The largest absolute Gasteiger partial charge is 0.481 e. The normalized spacial score (nSPS) is 22.8. The highest BCUT2D eigenvalue weighted by molar-refractivity contribution is 5.74. The van der Waals surface area contributed by atoms with E-state index in [1.54, 1.807) is 4.90 Å². The zero-order valence-electron chi connectivity index (χ0n) is 12.0. The second-order valence-corrected chi connectivity index (χ2v) is 5.42. The maximum absolute atomic E-state index is 11.9. The Morgan fingerprint density at radius 1 is 1.26 bits per heavy atom. The van der Waals surface area contributed by atoms with Crippen LogP contribution in [-0.2, 0) is 4.79 Å². The van der Waals surface area contributed by atoms with Crippen LogP contribution in [0.15, 0.2) is 0 Å². The Kier molecular flexibility index (Phi) is 6.67. The van der Waals surface area contributed by atoms with E-state index in [1.807, 2.05) is 7.05 Å². The molecule has 5 nitrogen and oxygen atoms in total. The van der Waals surface area contributed by atoms with Gasteiger partial charge in [-0.25, -0.2) is 4.79 Å². The number of carbonyl (C=O) groups is 2. The molecule has 2 amide bonds. The first-order valence-electron chi connectivity index (χ1n) is 7.27. The molecule has 1 aliphatic carbocycles. The highest BCUT2D eigenvalue weighted by Crippen LogP contribution is 2.28. The molecule has 0 aliphatic heterocycles. The summed E-state index contributed by atoms with van der Waals surface area (Å²) < 4.78 is 0. The molecule has 0 aromatic carbocycles. The Morgan fingerprint density at radius 2 is 1.89 bits per heavy atom. The van der Waals surface area contributed by atoms with Gasteiger partial charge in [-0.2, -0.15) is 0 Å². The highest BCUT2D eigenvalue weighted by atomic mass is 16.4. The molecule has 2 N–H and O–H groups in total. The maximum Gasteiger partial charge on any atom is 0.317 e. The molecule has 0 saturated heterocycles. The van der Waals surface area contributed by atoms with Crippen molar-refractivity contribution in [2.75, 3.05) is 13.6 Å². The molecular formula is C14H26N2O3. The number of rotatable bonds is 6. The van der Waals surface area contributed by atoms with Gasteiger partial charge in [0.15, 0.2) is 0 Å². The molecule has 0 heterocycles. The lowest BCUT2D eigenvalue weighted by Gasteiger charge is -2.34. The molecule has 0 unspecified atom stereocenters. The van der Waals surface area contributed by atoms with Gasteiger partial charge in [0.2, 0.25) is 0 Å². The first kappa shape index (κ1) is 15.8. The van der Waals surface area contributed by atoms with Crippen molar-refractivity contribution in [3.63, 3.8) is 0 Å². The number of urea groups is 1. The molecule has 1 saturated carbocycles. The molecule has 19 heavy (non-hydrogen) atoms. The fraction of sp³-hybridized carbons (Fsp3) is 0.857. The van der Waals surface area contributed by atoms with Crippen molar-refractivity contribution in [3.8, 4) is 0 Å². The summed E-state index contributed by atoms with van der Waals surface area (Å²) in [5.74, 6) is 0.00349. The fourth-order valence-corrected chi connectivity index (χ4v) is 2.67. The van der Waals surface area contributed by atoms with Crippen LogP contribution in [0.5, 0.6) is 0 Å². The summed E-state index contributed by atoms with van der Waals surface area (Å²) >= 11 is 0. The van der Waals surface area contributed by atoms with E-state index in [1.165, 1.54) is 19.3 Å². The van der Waals surface area contributed by atoms with Crippen molar-refractivity contribution in [3.05, 3.63) is 0 Å². The third-order valence-electron chi connectivity index (χ3n) is 4.11. The second-order valence-electron chi connectivity index (χ2n) is 5.42. The number of aliphatic carboxylic acids is 1. The van der Waals surface area contributed by atoms with Crippen molar-refractivity contribution in [1.82, 2.24) is 10.2 Å². The van der Waals surface area contributed by atoms with Crippen LogP contribution in [0.4, 0.5) is 4.79 Å². The molecule has 1 aliphatic rings. The van der Waals surface area contributed by atoms with Gasteiger partial charge >= 0.3 is 12.0 Å². The van der Waals surface area contributed by atoms with Crippen LogP contribution in [0, 0.1) is 5.92 Å². The topological polar surface area (TPSA) is 69.6 Å². The zero-order chi connectivity index (χ0) is 14.3. The van der Waals surface area contributed by atoms with Crippen LogP contribution in [-0.4, -0.2) is 41.6 Å². The summed E-state index contributed by atoms with van der Waals surface area (Å²) in [5, 5.41) is 11.3. The van der Waals surface area contributed by atoms with Crippen LogP contribution in [0.2, 0.25) is 0 Å². The van der Waals surface area contributed by atoms with E-state index in [4.69, 9.17) is 5.11 Å². The quantitative estimate of drug-likeness (QED) is 0.728. The molecule has 0 spiro atoms. The van der Waals surface area contributed by atoms with Crippen molar-refractivity contribution >= 4 is 12.0 Å². The van der Waals surface area contributed by atoms with Crippen molar-refractivity contribution in [2.24, 2.45) is 5.92 Å². The van der Waals surface area contributed by atoms with Gasteiger partial charge in [0.25, 0.3) is 0 Å². The van der Waals surface area contributed by atoms with E-state index in [0.29, 0.717) is 19.0 Å². The number of nitrogens with one attached hydrogen (secondary N) is 1. The first-order chi connectivity index (χ1) is 9.04. The lowest BCUT2D eigenvalue weighted by molar-refractivity contribution is -0.137. The fourth-order valence-electron chi connectivity index (χ4n) is 2.67. The number of carboxylic acid groups (broad SMARTS) is 1. The van der Waals surface area contributed by atoms with Gasteiger partial charge in [0.05, 0.1) is 0 Å². The number of amides is 2. The Hall–Kier alpha value is -1.26. The smallest absolute Gasteiger partial charge is 0.317 e. The summed E-state index contributed by atoms with van der Waals surface area (Å²) in [6.45, 7) is 2.66. The minimum atomic E-state index is -0.819. The van der Waals surface area contributed by atoms with E-state index in [9.17, 15) is 9.59 Å². The number of hydrogen-bond acceptors (Lipinski definition) is 2. The lowest BCUT2D eigenvalue weighted by atomic mass is 9.84. The minimum Gasteiger partial charge on any atom is -0.481 e. The SMILES string of the molecule is CCC1CCC(N(C)C(=O)NCCCC(=O)O)CC1. The molecule has 1 fully saturated rings. The third-order valence-corrected chi connectivity index (χ3v) is 4.11. The average molecular weight is 270 g/mol. The molecule has 0 bridgehead atoms. The van der Waals surface area contributed by atoms with E-state index in [-0.39, 0.29) is 12.5 Å². The predicted octanol–water partition coefficient (Wildman–Crippen LogP) is 2.46. The summed E-state index contributed by atoms with van der Waals surface area (Å²) in [6, 6.07) is 0.257. The Bertz CT molecular complexity index is 299. The molecule has 0 atom stereocenters. The van der Waals surface area contributed by atoms with Gasteiger partial charge in [-0.15, -0.1) is 0 Å². The number of hydrogen-bond donors (Lipinski definition) is 2. The van der Waals surface area contributed by atoms with Crippen molar-refractivity contribution in [1.29, 1.82) is 0 Å². The number of nitrogens with zero attached hydrogens (tertiary/aromatic N) is 1. The van der Waals surface area contributed by atoms with Gasteiger partial charge in [-0.3, -0.25) is 4.79 Å². The van der Waals surface area contributed by atoms with Crippen molar-refractivity contribution < 1.29 is 14.7 Å². The summed E-state index contributed by atoms with van der Waals surface area (Å²) in [5.41, 5.74) is 0. The lowest BCUT2D eigenvalue weighted by Crippen LogP contribution is -2.45. The van der Waals surface area contributed by atoms with E-state index in [0.717, 1.165) is 18.8 Å². The average Bonchev–Trinajstić information content (AvgIpc) is 2.42. The van der Waals surface area contributed by atoms with Gasteiger partial charge in [-0.05, 0) is 38.0 Å². The number of carbonyl (C=O) groups excluding carboxylic acids is 1. The first-order valence-corrected chi connectivity index (χ1v) is 7.27. The zero-order valence-corrected chi connectivity index (χ0v) is 12.0. The van der Waals surface area contributed by atoms with E-state index >= 15 is 0 Å². The molecular weight excluding hydrogens is 244 g/mol. The molecule has 110 valence electrons. The standard InChI is InChI=1S/C14H26N2O3/c1-3-11-6-8-12(9-7-11)16(2)14(19)15-10-4-5-13(17)18/h11-12H,3-10H2,1-2H3,(H,15,19)(H,17,18). The summed E-state index contributed by atoms with van der Waals surface area (Å²) in [6.07, 6.45) is 6.39. The van der Waals surface area contributed by atoms with Crippen LogP contribution >= 0.6 is 0 Å². The van der Waals surface area contributed by atoms with Crippen LogP contribution in [0.3, 0.4) is 0 Å². The van der Waals surface area contributed by atoms with Crippen LogP contribution in [0.1, 0.15) is 51.9 Å².